The van der Waals surface area contributed by atoms with Crippen LogP contribution in [0.3, 0.4) is 0 Å². The highest BCUT2D eigenvalue weighted by Crippen LogP contribution is 2.36. The van der Waals surface area contributed by atoms with Crippen molar-refractivity contribution < 1.29 is 14.3 Å². The molecular formula is C17H22FNO2. The maximum absolute atomic E-state index is 13.4. The molecule has 0 bridgehead atoms. The van der Waals surface area contributed by atoms with Gasteiger partial charge in [0, 0.05) is 24.1 Å². The molecule has 1 aliphatic heterocycles. The Hall–Kier alpha value is -1.42. The number of carbonyl (C=O) groups is 1. The van der Waals surface area contributed by atoms with E-state index >= 15 is 0 Å². The number of carbonyl (C=O) groups excluding carboxylic acids is 1. The molecule has 1 heterocycles. The number of hydrogen-bond acceptors (Lipinski definition) is 2. The molecule has 0 aromatic heterocycles. The summed E-state index contributed by atoms with van der Waals surface area (Å²) < 4.78 is 13.4. The molecule has 1 N–H and O–H groups in total. The first-order valence-electron chi connectivity index (χ1n) is 7.83. The fourth-order valence-electron chi connectivity index (χ4n) is 3.89. The molecule has 1 saturated heterocycles. The second-order valence-corrected chi connectivity index (χ2v) is 6.33. The van der Waals surface area contributed by atoms with Gasteiger partial charge in [-0.3, -0.25) is 4.79 Å². The Morgan fingerprint density at radius 2 is 2.10 bits per heavy atom. The van der Waals surface area contributed by atoms with Crippen molar-refractivity contribution in [2.24, 2.45) is 5.92 Å². The summed E-state index contributed by atoms with van der Waals surface area (Å²) >= 11 is 0. The van der Waals surface area contributed by atoms with Gasteiger partial charge in [-0.1, -0.05) is 12.5 Å². The highest BCUT2D eigenvalue weighted by Gasteiger charge is 2.40. The number of rotatable bonds is 2. The van der Waals surface area contributed by atoms with E-state index in [1.165, 1.54) is 12.1 Å². The quantitative estimate of drug-likeness (QED) is 0.910. The Kier molecular flexibility index (Phi) is 3.98. The van der Waals surface area contributed by atoms with E-state index in [0.717, 1.165) is 37.7 Å². The maximum Gasteiger partial charge on any atom is 0.254 e. The van der Waals surface area contributed by atoms with Gasteiger partial charge in [0.1, 0.15) is 5.82 Å². The van der Waals surface area contributed by atoms with Crippen molar-refractivity contribution in [3.8, 4) is 0 Å². The van der Waals surface area contributed by atoms with Crippen LogP contribution in [0.15, 0.2) is 18.2 Å². The van der Waals surface area contributed by atoms with Gasteiger partial charge < -0.3 is 10.0 Å². The van der Waals surface area contributed by atoms with Crippen molar-refractivity contribution in [2.75, 3.05) is 6.54 Å². The SMILES string of the molecule is Cc1ccc(F)cc1C(=O)N1CCCC1C1CCCC1O. The van der Waals surface area contributed by atoms with Gasteiger partial charge in [0.05, 0.1) is 6.10 Å². The molecule has 1 amide bonds. The summed E-state index contributed by atoms with van der Waals surface area (Å²) in [6, 6.07) is 4.47. The maximum atomic E-state index is 13.4. The first-order valence-corrected chi connectivity index (χ1v) is 7.83. The minimum Gasteiger partial charge on any atom is -0.393 e. The van der Waals surface area contributed by atoms with Gasteiger partial charge in [-0.15, -0.1) is 0 Å². The number of amides is 1. The van der Waals surface area contributed by atoms with Gasteiger partial charge >= 0.3 is 0 Å². The molecule has 3 rings (SSSR count). The predicted octanol–water partition coefficient (Wildman–Crippen LogP) is 2.90. The van der Waals surface area contributed by atoms with Crippen molar-refractivity contribution in [3.63, 3.8) is 0 Å². The lowest BCUT2D eigenvalue weighted by Crippen LogP contribution is -2.42. The minimum absolute atomic E-state index is 0.0893. The molecule has 114 valence electrons. The molecule has 21 heavy (non-hydrogen) atoms. The van der Waals surface area contributed by atoms with Crippen LogP contribution in [0.4, 0.5) is 4.39 Å². The zero-order chi connectivity index (χ0) is 15.0. The highest BCUT2D eigenvalue weighted by atomic mass is 19.1. The summed E-state index contributed by atoms with van der Waals surface area (Å²) in [5, 5.41) is 10.1. The van der Waals surface area contributed by atoms with Crippen LogP contribution in [-0.4, -0.2) is 34.6 Å². The zero-order valence-corrected chi connectivity index (χ0v) is 12.4. The Balaban J connectivity index is 1.84. The summed E-state index contributed by atoms with van der Waals surface area (Å²) in [6.45, 7) is 2.55. The first-order chi connectivity index (χ1) is 10.1. The van der Waals surface area contributed by atoms with Gasteiger partial charge in [0.2, 0.25) is 0 Å². The largest absolute Gasteiger partial charge is 0.393 e. The van der Waals surface area contributed by atoms with Crippen LogP contribution in [0.1, 0.15) is 48.0 Å². The lowest BCUT2D eigenvalue weighted by atomic mass is 9.93. The van der Waals surface area contributed by atoms with Crippen molar-refractivity contribution in [1.82, 2.24) is 4.90 Å². The molecule has 1 aromatic rings. The fraction of sp³-hybridized carbons (Fsp3) is 0.588. The smallest absolute Gasteiger partial charge is 0.254 e. The molecule has 1 aliphatic carbocycles. The second-order valence-electron chi connectivity index (χ2n) is 6.33. The summed E-state index contributed by atoms with van der Waals surface area (Å²) in [5.74, 6) is -0.278. The third-order valence-corrected chi connectivity index (χ3v) is 5.02. The number of aliphatic hydroxyl groups excluding tert-OH is 1. The Bertz CT molecular complexity index is 546. The Labute approximate surface area is 124 Å². The highest BCUT2D eigenvalue weighted by molar-refractivity contribution is 5.96. The molecule has 3 unspecified atom stereocenters. The third-order valence-electron chi connectivity index (χ3n) is 5.02. The average molecular weight is 291 g/mol. The Morgan fingerprint density at radius 1 is 1.29 bits per heavy atom. The number of likely N-dealkylation sites (tertiary alicyclic amines) is 1. The van der Waals surface area contributed by atoms with Crippen molar-refractivity contribution in [1.29, 1.82) is 0 Å². The molecular weight excluding hydrogens is 269 g/mol. The summed E-state index contributed by atoms with van der Waals surface area (Å²) in [4.78, 5) is 14.6. The average Bonchev–Trinajstić information content (AvgIpc) is 3.08. The van der Waals surface area contributed by atoms with E-state index in [0.29, 0.717) is 12.1 Å². The van der Waals surface area contributed by atoms with Crippen LogP contribution in [0.25, 0.3) is 0 Å². The van der Waals surface area contributed by atoms with Crippen LogP contribution in [0, 0.1) is 18.7 Å². The lowest BCUT2D eigenvalue weighted by Gasteiger charge is -2.31. The van der Waals surface area contributed by atoms with Crippen LogP contribution >= 0.6 is 0 Å². The number of benzene rings is 1. The number of aliphatic hydroxyl groups is 1. The van der Waals surface area contributed by atoms with E-state index in [2.05, 4.69) is 0 Å². The summed E-state index contributed by atoms with van der Waals surface area (Å²) in [6.07, 6.45) is 4.47. The number of aryl methyl sites for hydroxylation is 1. The number of hydrogen-bond donors (Lipinski definition) is 1. The molecule has 2 fully saturated rings. The van der Waals surface area contributed by atoms with Crippen LogP contribution < -0.4 is 0 Å². The molecule has 4 heteroatoms. The van der Waals surface area contributed by atoms with Crippen molar-refractivity contribution in [2.45, 2.75) is 51.2 Å². The van der Waals surface area contributed by atoms with Crippen LogP contribution in [0.2, 0.25) is 0 Å². The summed E-state index contributed by atoms with van der Waals surface area (Å²) in [5.41, 5.74) is 1.26. The molecule has 1 aromatic carbocycles. The van der Waals surface area contributed by atoms with Gasteiger partial charge in [-0.2, -0.15) is 0 Å². The van der Waals surface area contributed by atoms with E-state index in [4.69, 9.17) is 0 Å². The molecule has 2 aliphatic rings. The standard InChI is InChI=1S/C17H22FNO2/c1-11-7-8-12(18)10-14(11)17(21)19-9-3-5-15(19)13-4-2-6-16(13)20/h7-8,10,13,15-16,20H,2-6,9H2,1H3. The zero-order valence-electron chi connectivity index (χ0n) is 12.4. The topological polar surface area (TPSA) is 40.5 Å². The van der Waals surface area contributed by atoms with E-state index in [1.807, 2.05) is 11.8 Å². The van der Waals surface area contributed by atoms with Crippen LogP contribution in [-0.2, 0) is 0 Å². The number of halogens is 1. The van der Waals surface area contributed by atoms with E-state index in [9.17, 15) is 14.3 Å². The molecule has 1 saturated carbocycles. The molecule has 3 nitrogen and oxygen atoms in total. The van der Waals surface area contributed by atoms with Crippen LogP contribution in [0.5, 0.6) is 0 Å². The normalized spacial score (nSPS) is 29.1. The van der Waals surface area contributed by atoms with Gasteiger partial charge in [-0.25, -0.2) is 4.39 Å². The number of nitrogens with zero attached hydrogens (tertiary/aromatic N) is 1. The fourth-order valence-corrected chi connectivity index (χ4v) is 3.89. The van der Waals surface area contributed by atoms with Gasteiger partial charge in [0.15, 0.2) is 0 Å². The predicted molar refractivity (Wildman–Crippen MR) is 78.5 cm³/mol. The van der Waals surface area contributed by atoms with Gasteiger partial charge in [-0.05, 0) is 50.3 Å². The monoisotopic (exact) mass is 291 g/mol. The summed E-state index contributed by atoms with van der Waals surface area (Å²) in [7, 11) is 0. The second kappa shape index (κ2) is 5.76. The van der Waals surface area contributed by atoms with Crippen molar-refractivity contribution in [3.05, 3.63) is 35.1 Å². The minimum atomic E-state index is -0.374. The molecule has 0 radical (unpaired) electrons. The van der Waals surface area contributed by atoms with Crippen molar-refractivity contribution >= 4 is 5.91 Å². The van der Waals surface area contributed by atoms with E-state index < -0.39 is 0 Å². The molecule has 0 spiro atoms. The lowest BCUT2D eigenvalue weighted by molar-refractivity contribution is 0.0527. The van der Waals surface area contributed by atoms with Gasteiger partial charge in [0.25, 0.3) is 5.91 Å². The van der Waals surface area contributed by atoms with E-state index in [1.54, 1.807) is 6.07 Å². The van der Waals surface area contributed by atoms with E-state index in [-0.39, 0.29) is 29.8 Å². The first kappa shape index (κ1) is 14.5. The molecule has 3 atom stereocenters. The third kappa shape index (κ3) is 2.69. The Morgan fingerprint density at radius 3 is 2.81 bits per heavy atom.